The van der Waals surface area contributed by atoms with Gasteiger partial charge in [0.1, 0.15) is 11.9 Å². The van der Waals surface area contributed by atoms with Crippen LogP contribution in [0.5, 0.6) is 0 Å². The lowest BCUT2D eigenvalue weighted by atomic mass is 9.82. The number of benzene rings is 1. The van der Waals surface area contributed by atoms with E-state index in [1.165, 1.54) is 25.3 Å². The highest BCUT2D eigenvalue weighted by atomic mass is 79.9. The number of hydrogen-bond donors (Lipinski definition) is 1. The summed E-state index contributed by atoms with van der Waals surface area (Å²) in [5.41, 5.74) is 0.180. The monoisotopic (exact) mass is 355 g/mol. The largest absolute Gasteiger partial charge is 0.386 e. The highest BCUT2D eigenvalue weighted by molar-refractivity contribution is 9.10. The number of likely N-dealkylation sites (tertiary alicyclic amines) is 1. The molecule has 1 saturated heterocycles. The first kappa shape index (κ1) is 15.4. The van der Waals surface area contributed by atoms with Gasteiger partial charge in [-0.05, 0) is 57.0 Å². The molecular formula is C17H23BrFNO. The van der Waals surface area contributed by atoms with Gasteiger partial charge in [0, 0.05) is 10.0 Å². The summed E-state index contributed by atoms with van der Waals surface area (Å²) in [5, 5.41) is 11.0. The van der Waals surface area contributed by atoms with Crippen molar-refractivity contribution in [3.8, 4) is 0 Å². The summed E-state index contributed by atoms with van der Waals surface area (Å²) >= 11 is 3.40. The summed E-state index contributed by atoms with van der Waals surface area (Å²) in [6.45, 7) is 2.07. The lowest BCUT2D eigenvalue weighted by Gasteiger charge is -2.46. The molecule has 1 aliphatic carbocycles. The first-order chi connectivity index (χ1) is 10.1. The molecule has 1 aliphatic heterocycles. The van der Waals surface area contributed by atoms with Crippen molar-refractivity contribution in [2.75, 3.05) is 13.1 Å². The SMILES string of the molecule is OC(c1cc(Br)ccc1F)C1(N2CCCCC2)CCCC1. The van der Waals surface area contributed by atoms with E-state index in [1.807, 2.05) is 0 Å². The highest BCUT2D eigenvalue weighted by Crippen LogP contribution is 2.46. The minimum Gasteiger partial charge on any atom is -0.386 e. The number of nitrogens with zero attached hydrogens (tertiary/aromatic N) is 1. The van der Waals surface area contributed by atoms with Gasteiger partial charge in [-0.1, -0.05) is 35.2 Å². The Kier molecular flexibility index (Phi) is 4.67. The van der Waals surface area contributed by atoms with Crippen LogP contribution in [-0.2, 0) is 0 Å². The Morgan fingerprint density at radius 3 is 2.43 bits per heavy atom. The van der Waals surface area contributed by atoms with E-state index in [-0.39, 0.29) is 11.4 Å². The van der Waals surface area contributed by atoms with Crippen LogP contribution in [0.3, 0.4) is 0 Å². The molecule has 1 heterocycles. The molecule has 1 aromatic rings. The minimum atomic E-state index is -0.740. The summed E-state index contributed by atoms with van der Waals surface area (Å²) < 4.78 is 15.0. The van der Waals surface area contributed by atoms with Gasteiger partial charge in [-0.25, -0.2) is 4.39 Å². The van der Waals surface area contributed by atoms with Crippen molar-refractivity contribution in [1.29, 1.82) is 0 Å². The molecule has 1 aromatic carbocycles. The van der Waals surface area contributed by atoms with Gasteiger partial charge in [-0.3, -0.25) is 4.90 Å². The Bertz CT molecular complexity index is 496. The van der Waals surface area contributed by atoms with E-state index < -0.39 is 6.10 Å². The van der Waals surface area contributed by atoms with Crippen LogP contribution >= 0.6 is 15.9 Å². The van der Waals surface area contributed by atoms with Gasteiger partial charge < -0.3 is 5.11 Å². The maximum absolute atomic E-state index is 14.2. The number of piperidine rings is 1. The quantitative estimate of drug-likeness (QED) is 0.867. The van der Waals surface area contributed by atoms with Crippen LogP contribution in [0.25, 0.3) is 0 Å². The average molecular weight is 356 g/mol. The summed E-state index contributed by atoms with van der Waals surface area (Å²) in [6, 6.07) is 4.87. The minimum absolute atomic E-state index is 0.262. The molecule has 1 unspecified atom stereocenters. The summed E-state index contributed by atoms with van der Waals surface area (Å²) in [7, 11) is 0. The second-order valence-electron chi connectivity index (χ2n) is 6.43. The van der Waals surface area contributed by atoms with Crippen molar-refractivity contribution in [1.82, 2.24) is 4.90 Å². The van der Waals surface area contributed by atoms with Gasteiger partial charge in [0.2, 0.25) is 0 Å². The van der Waals surface area contributed by atoms with Gasteiger partial charge in [0.05, 0.1) is 5.54 Å². The van der Waals surface area contributed by atoms with E-state index >= 15 is 0 Å². The van der Waals surface area contributed by atoms with Gasteiger partial charge >= 0.3 is 0 Å². The maximum atomic E-state index is 14.2. The maximum Gasteiger partial charge on any atom is 0.129 e. The van der Waals surface area contributed by atoms with E-state index in [0.717, 1.165) is 43.2 Å². The third-order valence-corrected chi connectivity index (χ3v) is 5.71. The highest BCUT2D eigenvalue weighted by Gasteiger charge is 2.46. The zero-order valence-corrected chi connectivity index (χ0v) is 13.9. The van der Waals surface area contributed by atoms with Crippen molar-refractivity contribution in [3.05, 3.63) is 34.1 Å². The van der Waals surface area contributed by atoms with Gasteiger partial charge in [0.25, 0.3) is 0 Å². The van der Waals surface area contributed by atoms with Crippen LogP contribution in [0.2, 0.25) is 0 Å². The number of aliphatic hydroxyl groups excluding tert-OH is 1. The van der Waals surface area contributed by atoms with E-state index in [1.54, 1.807) is 12.1 Å². The first-order valence-electron chi connectivity index (χ1n) is 8.01. The summed E-state index contributed by atoms with van der Waals surface area (Å²) in [4.78, 5) is 2.44. The smallest absolute Gasteiger partial charge is 0.129 e. The van der Waals surface area contributed by atoms with Gasteiger partial charge in [0.15, 0.2) is 0 Å². The fourth-order valence-electron chi connectivity index (χ4n) is 4.10. The van der Waals surface area contributed by atoms with Crippen molar-refractivity contribution >= 4 is 15.9 Å². The lowest BCUT2D eigenvalue weighted by molar-refractivity contribution is -0.0420. The van der Waals surface area contributed by atoms with Crippen molar-refractivity contribution < 1.29 is 9.50 Å². The molecule has 0 radical (unpaired) electrons. The molecule has 0 bridgehead atoms. The standard InChI is InChI=1S/C17H23BrFNO/c18-13-6-7-15(19)14(12-13)16(21)17(8-2-3-9-17)20-10-4-1-5-11-20/h6-7,12,16,21H,1-5,8-11H2. The fourth-order valence-corrected chi connectivity index (χ4v) is 4.48. The van der Waals surface area contributed by atoms with Gasteiger partial charge in [-0.2, -0.15) is 0 Å². The molecule has 2 aliphatic rings. The van der Waals surface area contributed by atoms with Crippen LogP contribution in [0.1, 0.15) is 56.6 Å². The zero-order valence-electron chi connectivity index (χ0n) is 12.3. The molecule has 21 heavy (non-hydrogen) atoms. The Morgan fingerprint density at radius 2 is 1.76 bits per heavy atom. The van der Waals surface area contributed by atoms with Crippen LogP contribution in [0, 0.1) is 5.82 Å². The molecule has 3 rings (SSSR count). The first-order valence-corrected chi connectivity index (χ1v) is 8.81. The molecule has 1 saturated carbocycles. The summed E-state index contributed by atoms with van der Waals surface area (Å²) in [5.74, 6) is -0.297. The third-order valence-electron chi connectivity index (χ3n) is 5.22. The molecular weight excluding hydrogens is 333 g/mol. The molecule has 4 heteroatoms. The van der Waals surface area contributed by atoms with Crippen LogP contribution in [-0.4, -0.2) is 28.6 Å². The van der Waals surface area contributed by atoms with E-state index in [4.69, 9.17) is 0 Å². The summed E-state index contributed by atoms with van der Waals surface area (Å²) in [6.07, 6.45) is 7.11. The third kappa shape index (κ3) is 2.90. The second-order valence-corrected chi connectivity index (χ2v) is 7.34. The predicted octanol–water partition coefficient (Wildman–Crippen LogP) is 4.42. The average Bonchev–Trinajstić information content (AvgIpc) is 3.01. The Hall–Kier alpha value is -0.450. The predicted molar refractivity (Wildman–Crippen MR) is 85.7 cm³/mol. The molecule has 116 valence electrons. The molecule has 0 spiro atoms. The second kappa shape index (κ2) is 6.35. The molecule has 2 fully saturated rings. The van der Waals surface area contributed by atoms with Crippen LogP contribution in [0.4, 0.5) is 4.39 Å². The Morgan fingerprint density at radius 1 is 1.10 bits per heavy atom. The normalized spacial score (nSPS) is 24.1. The molecule has 2 nitrogen and oxygen atoms in total. The molecule has 1 atom stereocenters. The Labute approximate surface area is 134 Å². The lowest BCUT2D eigenvalue weighted by Crippen LogP contribution is -2.53. The van der Waals surface area contributed by atoms with Crippen molar-refractivity contribution in [2.24, 2.45) is 0 Å². The Balaban J connectivity index is 1.94. The number of rotatable bonds is 3. The zero-order chi connectivity index (χ0) is 14.9. The molecule has 0 aromatic heterocycles. The van der Waals surface area contributed by atoms with Gasteiger partial charge in [-0.15, -0.1) is 0 Å². The fraction of sp³-hybridized carbons (Fsp3) is 0.647. The topological polar surface area (TPSA) is 23.5 Å². The van der Waals surface area contributed by atoms with Crippen LogP contribution < -0.4 is 0 Å². The van der Waals surface area contributed by atoms with E-state index in [0.29, 0.717) is 5.56 Å². The molecule has 1 N–H and O–H groups in total. The molecule has 0 amide bonds. The number of hydrogen-bond acceptors (Lipinski definition) is 2. The van der Waals surface area contributed by atoms with Crippen LogP contribution in [0.15, 0.2) is 22.7 Å². The van der Waals surface area contributed by atoms with E-state index in [9.17, 15) is 9.50 Å². The number of aliphatic hydroxyl groups is 1. The number of halogens is 2. The van der Waals surface area contributed by atoms with Crippen molar-refractivity contribution in [3.63, 3.8) is 0 Å². The van der Waals surface area contributed by atoms with Crippen molar-refractivity contribution in [2.45, 2.75) is 56.6 Å². The van der Waals surface area contributed by atoms with E-state index in [2.05, 4.69) is 20.8 Å².